The number of rotatable bonds is 3. The molecule has 0 aliphatic carbocycles. The van der Waals surface area contributed by atoms with Crippen LogP contribution in [-0.2, 0) is 11.2 Å². The zero-order valence-corrected chi connectivity index (χ0v) is 13.8. The minimum atomic E-state index is 0.179. The molecular weight excluding hydrogens is 272 g/mol. The van der Waals surface area contributed by atoms with Crippen molar-refractivity contribution in [1.82, 2.24) is 0 Å². The first-order valence-electron chi connectivity index (χ1n) is 6.81. The first-order chi connectivity index (χ1) is 8.99. The molecule has 19 heavy (non-hydrogen) atoms. The van der Waals surface area contributed by atoms with Crippen LogP contribution in [0, 0.1) is 20.8 Å². The van der Waals surface area contributed by atoms with Gasteiger partial charge in [0, 0.05) is 23.2 Å². The number of hydrogen-bond acceptors (Lipinski definition) is 3. The quantitative estimate of drug-likeness (QED) is 0.840. The maximum Gasteiger partial charge on any atom is 0.151 e. The van der Waals surface area contributed by atoms with Gasteiger partial charge in [0.2, 0.25) is 0 Å². The van der Waals surface area contributed by atoms with Crippen LogP contribution in [0.25, 0.3) is 0 Å². The van der Waals surface area contributed by atoms with Gasteiger partial charge in [-0.25, -0.2) is 0 Å². The largest absolute Gasteiger partial charge is 0.298 e. The molecule has 1 saturated heterocycles. The van der Waals surface area contributed by atoms with Crippen molar-refractivity contribution < 1.29 is 4.79 Å². The Morgan fingerprint density at radius 2 is 1.74 bits per heavy atom. The van der Waals surface area contributed by atoms with Crippen molar-refractivity contribution in [1.29, 1.82) is 0 Å². The second-order valence-corrected chi connectivity index (χ2v) is 8.12. The van der Waals surface area contributed by atoms with E-state index >= 15 is 0 Å². The third kappa shape index (κ3) is 3.57. The van der Waals surface area contributed by atoms with Gasteiger partial charge < -0.3 is 0 Å². The number of benzene rings is 1. The Hall–Kier alpha value is -0.410. The lowest BCUT2D eigenvalue weighted by Gasteiger charge is -2.27. The van der Waals surface area contributed by atoms with E-state index in [9.17, 15) is 4.79 Å². The van der Waals surface area contributed by atoms with Crippen LogP contribution in [0.4, 0.5) is 0 Å². The Kier molecular flexibility index (Phi) is 5.02. The Balaban J connectivity index is 2.14. The Morgan fingerprint density at radius 1 is 1.16 bits per heavy atom. The fourth-order valence-electron chi connectivity index (χ4n) is 2.75. The van der Waals surface area contributed by atoms with Crippen LogP contribution in [0.3, 0.4) is 0 Å². The van der Waals surface area contributed by atoms with Crippen molar-refractivity contribution in [3.05, 3.63) is 34.4 Å². The molecule has 0 saturated carbocycles. The lowest BCUT2D eigenvalue weighted by molar-refractivity contribution is -0.117. The third-order valence-corrected chi connectivity index (χ3v) is 6.84. The van der Waals surface area contributed by atoms with Crippen molar-refractivity contribution in [2.24, 2.45) is 0 Å². The zero-order valence-electron chi connectivity index (χ0n) is 12.2. The normalized spacial score (nSPS) is 23.4. The Bertz CT molecular complexity index is 459. The van der Waals surface area contributed by atoms with Crippen molar-refractivity contribution in [3.63, 3.8) is 0 Å². The molecule has 1 aliphatic rings. The molecule has 1 nitrogen and oxygen atoms in total. The van der Waals surface area contributed by atoms with Gasteiger partial charge in [0.1, 0.15) is 0 Å². The number of Topliss-reactive ketones (excluding diaryl/α,β-unsaturated/α-hetero) is 1. The summed E-state index contributed by atoms with van der Waals surface area (Å²) in [6.07, 6.45) is 0.598. The lowest BCUT2D eigenvalue weighted by atomic mass is 9.94. The fraction of sp³-hybridized carbons (Fsp3) is 0.562. The maximum atomic E-state index is 12.5. The first-order valence-corrected chi connectivity index (χ1v) is 8.91. The van der Waals surface area contributed by atoms with E-state index in [1.54, 1.807) is 0 Å². The van der Waals surface area contributed by atoms with E-state index in [4.69, 9.17) is 0 Å². The minimum absolute atomic E-state index is 0.179. The molecule has 0 bridgehead atoms. The van der Waals surface area contributed by atoms with E-state index in [1.807, 2.05) is 23.5 Å². The highest BCUT2D eigenvalue weighted by Gasteiger charge is 2.29. The van der Waals surface area contributed by atoms with Gasteiger partial charge in [-0.15, -0.1) is 11.8 Å². The van der Waals surface area contributed by atoms with E-state index in [0.29, 0.717) is 17.5 Å². The highest BCUT2D eigenvalue weighted by atomic mass is 32.2. The van der Waals surface area contributed by atoms with Crippen LogP contribution in [0.15, 0.2) is 12.1 Å². The maximum absolute atomic E-state index is 12.5. The number of ketones is 1. The van der Waals surface area contributed by atoms with Gasteiger partial charge >= 0.3 is 0 Å². The molecule has 3 heteroatoms. The molecule has 1 aromatic carbocycles. The minimum Gasteiger partial charge on any atom is -0.298 e. The van der Waals surface area contributed by atoms with E-state index in [1.165, 1.54) is 28.0 Å². The predicted octanol–water partition coefficient (Wildman–Crippen LogP) is 3.96. The van der Waals surface area contributed by atoms with E-state index in [-0.39, 0.29) is 5.25 Å². The van der Waals surface area contributed by atoms with Crippen LogP contribution in [0.1, 0.15) is 29.2 Å². The fourth-order valence-corrected chi connectivity index (χ4v) is 5.48. The molecule has 1 aliphatic heterocycles. The summed E-state index contributed by atoms with van der Waals surface area (Å²) in [6.45, 7) is 8.54. The summed E-state index contributed by atoms with van der Waals surface area (Å²) < 4.78 is 0. The molecule has 1 aromatic rings. The summed E-state index contributed by atoms with van der Waals surface area (Å²) in [6, 6.07) is 4.36. The molecule has 0 aromatic heterocycles. The molecule has 1 heterocycles. The standard InChI is InChI=1S/C16H22OS2/c1-10-7-11(2)14(12(3)8-10)9-15(17)16-13(4)18-5-6-19-16/h7-8,13,16H,5-6,9H2,1-4H3. The summed E-state index contributed by atoms with van der Waals surface area (Å²) in [4.78, 5) is 12.5. The second-order valence-electron chi connectivity index (χ2n) is 5.39. The number of carbonyl (C=O) groups is 1. The average Bonchev–Trinajstić information content (AvgIpc) is 2.34. The van der Waals surface area contributed by atoms with E-state index < -0.39 is 0 Å². The van der Waals surface area contributed by atoms with Crippen LogP contribution in [-0.4, -0.2) is 27.8 Å². The smallest absolute Gasteiger partial charge is 0.151 e. The van der Waals surface area contributed by atoms with Gasteiger partial charge in [-0.2, -0.15) is 11.8 Å². The Morgan fingerprint density at radius 3 is 2.32 bits per heavy atom. The number of carbonyl (C=O) groups excluding carboxylic acids is 1. The lowest BCUT2D eigenvalue weighted by Crippen LogP contribution is -2.32. The van der Waals surface area contributed by atoms with Crippen LogP contribution < -0.4 is 0 Å². The second kappa shape index (κ2) is 6.36. The van der Waals surface area contributed by atoms with Crippen LogP contribution in [0.5, 0.6) is 0 Å². The first kappa shape index (κ1) is 15.0. The van der Waals surface area contributed by atoms with Gasteiger partial charge in [-0.1, -0.05) is 24.6 Å². The summed E-state index contributed by atoms with van der Waals surface area (Å²) in [5, 5.41) is 0.635. The van der Waals surface area contributed by atoms with Crippen molar-refractivity contribution in [2.45, 2.75) is 44.6 Å². The zero-order chi connectivity index (χ0) is 14.0. The van der Waals surface area contributed by atoms with Crippen LogP contribution >= 0.6 is 23.5 Å². The van der Waals surface area contributed by atoms with Crippen molar-refractivity contribution in [3.8, 4) is 0 Å². The number of aryl methyl sites for hydroxylation is 3. The summed E-state index contributed by atoms with van der Waals surface area (Å²) in [5.41, 5.74) is 5.03. The molecule has 0 spiro atoms. The molecule has 0 radical (unpaired) electrons. The monoisotopic (exact) mass is 294 g/mol. The summed E-state index contributed by atoms with van der Waals surface area (Å²) >= 11 is 3.78. The SMILES string of the molecule is Cc1cc(C)c(CC(=O)C2SCCSC2C)c(C)c1. The highest BCUT2D eigenvalue weighted by Crippen LogP contribution is 2.32. The molecule has 1 fully saturated rings. The average molecular weight is 294 g/mol. The van der Waals surface area contributed by atoms with Crippen molar-refractivity contribution >= 4 is 29.3 Å². The summed E-state index contributed by atoms with van der Waals surface area (Å²) in [5.74, 6) is 2.69. The van der Waals surface area contributed by atoms with Gasteiger partial charge in [0.05, 0.1) is 5.25 Å². The number of hydrogen-bond donors (Lipinski definition) is 0. The predicted molar refractivity (Wildman–Crippen MR) is 87.5 cm³/mol. The van der Waals surface area contributed by atoms with Gasteiger partial charge in [0.25, 0.3) is 0 Å². The molecule has 0 amide bonds. The van der Waals surface area contributed by atoms with E-state index in [0.717, 1.165) is 5.75 Å². The van der Waals surface area contributed by atoms with Crippen LogP contribution in [0.2, 0.25) is 0 Å². The topological polar surface area (TPSA) is 17.1 Å². The Labute approximate surface area is 124 Å². The molecular formula is C16H22OS2. The molecule has 104 valence electrons. The van der Waals surface area contributed by atoms with E-state index in [2.05, 4.69) is 39.8 Å². The summed E-state index contributed by atoms with van der Waals surface area (Å²) in [7, 11) is 0. The van der Waals surface area contributed by atoms with Gasteiger partial charge in [-0.3, -0.25) is 4.79 Å². The molecule has 2 unspecified atom stereocenters. The molecule has 2 atom stereocenters. The van der Waals surface area contributed by atoms with Crippen molar-refractivity contribution in [2.75, 3.05) is 11.5 Å². The highest BCUT2D eigenvalue weighted by molar-refractivity contribution is 8.07. The van der Waals surface area contributed by atoms with Gasteiger partial charge in [-0.05, 0) is 37.5 Å². The molecule has 2 rings (SSSR count). The molecule has 0 N–H and O–H groups in total. The number of thioether (sulfide) groups is 2. The third-order valence-electron chi connectivity index (χ3n) is 3.70. The van der Waals surface area contributed by atoms with Gasteiger partial charge in [0.15, 0.2) is 5.78 Å².